The molecule has 21 heavy (non-hydrogen) atoms. The van der Waals surface area contributed by atoms with Crippen LogP contribution in [0.5, 0.6) is 5.75 Å². The van der Waals surface area contributed by atoms with Crippen molar-refractivity contribution in [3.05, 3.63) is 72.6 Å². The first-order valence-electron chi connectivity index (χ1n) is 6.78. The third-order valence-corrected chi connectivity index (χ3v) is 3.27. The summed E-state index contributed by atoms with van der Waals surface area (Å²) in [6.07, 6.45) is 3.71. The minimum atomic E-state index is 0.847. The lowest BCUT2D eigenvalue weighted by Gasteiger charge is -2.10. The Morgan fingerprint density at radius 1 is 0.905 bits per heavy atom. The highest BCUT2D eigenvalue weighted by Gasteiger charge is 2.08. The Hall–Kier alpha value is -2.81. The molecule has 0 amide bonds. The minimum Gasteiger partial charge on any atom is -0.496 e. The molecule has 0 bridgehead atoms. The van der Waals surface area contributed by atoms with Crippen molar-refractivity contribution in [3.63, 3.8) is 0 Å². The van der Waals surface area contributed by atoms with Gasteiger partial charge in [0.2, 0.25) is 0 Å². The van der Waals surface area contributed by atoms with Crippen LogP contribution in [0, 0.1) is 0 Å². The van der Waals surface area contributed by atoms with Gasteiger partial charge in [-0.05, 0) is 24.3 Å². The fourth-order valence-electron chi connectivity index (χ4n) is 2.24. The lowest BCUT2D eigenvalue weighted by molar-refractivity contribution is 0.416. The fourth-order valence-corrected chi connectivity index (χ4v) is 2.24. The van der Waals surface area contributed by atoms with Crippen molar-refractivity contribution in [1.29, 1.82) is 0 Å². The van der Waals surface area contributed by atoms with Crippen molar-refractivity contribution < 1.29 is 4.74 Å². The molecule has 0 unspecified atom stereocenters. The average molecular weight is 276 g/mol. The van der Waals surface area contributed by atoms with Gasteiger partial charge < -0.3 is 9.72 Å². The highest BCUT2D eigenvalue weighted by Crippen LogP contribution is 2.35. The molecule has 3 aromatic rings. The quantitative estimate of drug-likeness (QED) is 0.703. The summed E-state index contributed by atoms with van der Waals surface area (Å²) in [5.74, 6) is 0.847. The third kappa shape index (κ3) is 2.87. The molecule has 0 aliphatic heterocycles. The average Bonchev–Trinajstić information content (AvgIpc) is 3.06. The summed E-state index contributed by atoms with van der Waals surface area (Å²) >= 11 is 0. The first-order chi connectivity index (χ1) is 10.4. The van der Waals surface area contributed by atoms with E-state index in [1.165, 1.54) is 0 Å². The van der Waals surface area contributed by atoms with Crippen LogP contribution in [0.2, 0.25) is 0 Å². The lowest BCUT2D eigenvalue weighted by Crippen LogP contribution is -1.88. The van der Waals surface area contributed by atoms with E-state index in [4.69, 9.17) is 4.74 Å². The van der Waals surface area contributed by atoms with Gasteiger partial charge in [0.05, 0.1) is 24.7 Å². The standard InChI is InChI=1S/C18H16N2O/c1-21-18-11-5-3-9-16(18)15-8-2-4-10-17(15)20-13-14-7-6-12-19-14/h2-13,19H,1H3. The zero-order chi connectivity index (χ0) is 14.5. The maximum absolute atomic E-state index is 5.45. The van der Waals surface area contributed by atoms with E-state index in [9.17, 15) is 0 Å². The molecule has 2 aromatic carbocycles. The molecule has 0 saturated carbocycles. The largest absolute Gasteiger partial charge is 0.496 e. The fraction of sp³-hybridized carbons (Fsp3) is 0.0556. The Balaban J connectivity index is 2.04. The topological polar surface area (TPSA) is 37.4 Å². The predicted molar refractivity (Wildman–Crippen MR) is 86.5 cm³/mol. The molecule has 0 spiro atoms. The summed E-state index contributed by atoms with van der Waals surface area (Å²) < 4.78 is 5.45. The van der Waals surface area contributed by atoms with Crippen molar-refractivity contribution in [2.45, 2.75) is 0 Å². The number of hydrogen-bond acceptors (Lipinski definition) is 2. The van der Waals surface area contributed by atoms with Gasteiger partial charge in [0.1, 0.15) is 5.75 Å². The molecular formula is C18H16N2O. The van der Waals surface area contributed by atoms with E-state index in [1.54, 1.807) is 7.11 Å². The Morgan fingerprint density at radius 3 is 2.43 bits per heavy atom. The second-order valence-electron chi connectivity index (χ2n) is 4.60. The van der Waals surface area contributed by atoms with Crippen LogP contribution in [0.1, 0.15) is 5.69 Å². The third-order valence-electron chi connectivity index (χ3n) is 3.27. The maximum Gasteiger partial charge on any atom is 0.126 e. The number of rotatable bonds is 4. The molecule has 3 nitrogen and oxygen atoms in total. The van der Waals surface area contributed by atoms with Gasteiger partial charge in [-0.2, -0.15) is 0 Å². The molecule has 1 N–H and O–H groups in total. The normalized spacial score (nSPS) is 10.9. The monoisotopic (exact) mass is 276 g/mol. The van der Waals surface area contributed by atoms with Crippen LogP contribution in [0.25, 0.3) is 11.1 Å². The molecule has 0 radical (unpaired) electrons. The number of benzene rings is 2. The SMILES string of the molecule is COc1ccccc1-c1ccccc1N=Cc1ccc[nH]1. The lowest BCUT2D eigenvalue weighted by atomic mass is 10.0. The van der Waals surface area contributed by atoms with Crippen LogP contribution >= 0.6 is 0 Å². The summed E-state index contributed by atoms with van der Waals surface area (Å²) in [5.41, 5.74) is 3.98. The molecular weight excluding hydrogens is 260 g/mol. The summed E-state index contributed by atoms with van der Waals surface area (Å²) in [7, 11) is 1.68. The van der Waals surface area contributed by atoms with Crippen LogP contribution < -0.4 is 4.74 Å². The Kier molecular flexibility index (Phi) is 3.83. The van der Waals surface area contributed by atoms with Gasteiger partial charge in [-0.15, -0.1) is 0 Å². The minimum absolute atomic E-state index is 0.847. The van der Waals surface area contributed by atoms with Crippen LogP contribution in [0.4, 0.5) is 5.69 Å². The van der Waals surface area contributed by atoms with Gasteiger partial charge in [0, 0.05) is 17.3 Å². The van der Waals surface area contributed by atoms with E-state index in [0.717, 1.165) is 28.3 Å². The Morgan fingerprint density at radius 2 is 1.67 bits per heavy atom. The van der Waals surface area contributed by atoms with E-state index in [-0.39, 0.29) is 0 Å². The van der Waals surface area contributed by atoms with Gasteiger partial charge in [-0.3, -0.25) is 4.99 Å². The highest BCUT2D eigenvalue weighted by molar-refractivity contribution is 5.86. The summed E-state index contributed by atoms with van der Waals surface area (Å²) in [4.78, 5) is 7.70. The van der Waals surface area contributed by atoms with Crippen molar-refractivity contribution in [1.82, 2.24) is 4.98 Å². The van der Waals surface area contributed by atoms with Crippen LogP contribution in [0.15, 0.2) is 71.9 Å². The van der Waals surface area contributed by atoms with Crippen molar-refractivity contribution in [3.8, 4) is 16.9 Å². The van der Waals surface area contributed by atoms with E-state index in [2.05, 4.69) is 16.0 Å². The Labute approximate surface area is 123 Å². The number of aromatic nitrogens is 1. The molecule has 1 heterocycles. The van der Waals surface area contributed by atoms with E-state index in [0.29, 0.717) is 0 Å². The number of aliphatic imine (C=N–C) groups is 1. The van der Waals surface area contributed by atoms with Crippen molar-refractivity contribution in [2.75, 3.05) is 7.11 Å². The molecule has 0 saturated heterocycles. The van der Waals surface area contributed by atoms with Gasteiger partial charge in [-0.1, -0.05) is 36.4 Å². The van der Waals surface area contributed by atoms with Gasteiger partial charge in [0.15, 0.2) is 0 Å². The molecule has 3 heteroatoms. The van der Waals surface area contributed by atoms with Gasteiger partial charge >= 0.3 is 0 Å². The molecule has 0 fully saturated rings. The maximum atomic E-state index is 5.45. The molecule has 3 rings (SSSR count). The number of aromatic amines is 1. The van der Waals surface area contributed by atoms with Crippen LogP contribution in [-0.4, -0.2) is 18.3 Å². The molecule has 0 aliphatic carbocycles. The summed E-state index contributed by atoms with van der Waals surface area (Å²) in [6.45, 7) is 0. The Bertz CT molecular complexity index is 745. The van der Waals surface area contributed by atoms with Crippen LogP contribution in [0.3, 0.4) is 0 Å². The second-order valence-corrected chi connectivity index (χ2v) is 4.60. The number of para-hydroxylation sites is 2. The van der Waals surface area contributed by atoms with E-state index < -0.39 is 0 Å². The number of ether oxygens (including phenoxy) is 1. The zero-order valence-electron chi connectivity index (χ0n) is 11.8. The van der Waals surface area contributed by atoms with Gasteiger partial charge in [0.25, 0.3) is 0 Å². The molecule has 1 aromatic heterocycles. The highest BCUT2D eigenvalue weighted by atomic mass is 16.5. The number of nitrogens with zero attached hydrogens (tertiary/aromatic N) is 1. The number of H-pyrrole nitrogens is 1. The molecule has 104 valence electrons. The molecule has 0 aliphatic rings. The zero-order valence-corrected chi connectivity index (χ0v) is 11.8. The van der Waals surface area contributed by atoms with E-state index >= 15 is 0 Å². The smallest absolute Gasteiger partial charge is 0.126 e. The van der Waals surface area contributed by atoms with Crippen molar-refractivity contribution in [2.24, 2.45) is 4.99 Å². The predicted octanol–water partition coefficient (Wildman–Crippen LogP) is 4.44. The number of nitrogens with one attached hydrogen (secondary N) is 1. The summed E-state index contributed by atoms with van der Waals surface area (Å²) in [6, 6.07) is 20.0. The summed E-state index contributed by atoms with van der Waals surface area (Å²) in [5, 5.41) is 0. The van der Waals surface area contributed by atoms with Crippen molar-refractivity contribution >= 4 is 11.9 Å². The van der Waals surface area contributed by atoms with Crippen LogP contribution in [-0.2, 0) is 0 Å². The first kappa shape index (κ1) is 13.2. The molecule has 0 atom stereocenters. The van der Waals surface area contributed by atoms with E-state index in [1.807, 2.05) is 67.0 Å². The van der Waals surface area contributed by atoms with Gasteiger partial charge in [-0.25, -0.2) is 0 Å². The second kappa shape index (κ2) is 6.09. The first-order valence-corrected chi connectivity index (χ1v) is 6.78. The number of hydrogen-bond donors (Lipinski definition) is 1. The number of methoxy groups -OCH3 is 1.